The van der Waals surface area contributed by atoms with Crippen LogP contribution in [0.15, 0.2) is 38.6 Å². The third-order valence-corrected chi connectivity index (χ3v) is 3.28. The van der Waals surface area contributed by atoms with Gasteiger partial charge in [0.15, 0.2) is 0 Å². The van der Waals surface area contributed by atoms with Gasteiger partial charge in [-0.25, -0.2) is 28.1 Å². The van der Waals surface area contributed by atoms with E-state index in [1.165, 1.54) is 0 Å². The first kappa shape index (κ1) is 19.0. The van der Waals surface area contributed by atoms with Crippen molar-refractivity contribution in [1.29, 1.82) is 0 Å². The first-order chi connectivity index (χ1) is 12.0. The minimum atomic E-state index is -4.84. The largest absolute Gasteiger partial charge is 0.573 e. The van der Waals surface area contributed by atoms with Gasteiger partial charge in [-0.05, 0) is 24.3 Å². The minimum absolute atomic E-state index is 0.124. The average Bonchev–Trinajstić information content (AvgIpc) is 2.55. The van der Waals surface area contributed by atoms with Crippen molar-refractivity contribution in [1.82, 2.24) is 13.7 Å². The van der Waals surface area contributed by atoms with Gasteiger partial charge in [0.05, 0.1) is 0 Å². The summed E-state index contributed by atoms with van der Waals surface area (Å²) in [6.07, 6.45) is -4.84. The number of hydrogen-bond acceptors (Lipinski definition) is 5. The van der Waals surface area contributed by atoms with Crippen molar-refractivity contribution in [3.05, 3.63) is 55.7 Å². The highest BCUT2D eigenvalue weighted by Gasteiger charge is 2.30. The Balaban J connectivity index is 2.17. The van der Waals surface area contributed by atoms with E-state index in [4.69, 9.17) is 0 Å². The molecule has 12 heteroatoms. The van der Waals surface area contributed by atoms with E-state index in [9.17, 15) is 32.3 Å². The molecule has 0 aliphatic heterocycles. The van der Waals surface area contributed by atoms with E-state index in [0.717, 1.165) is 38.4 Å². The Labute approximate surface area is 142 Å². The molecule has 2 aromatic rings. The second-order valence-corrected chi connectivity index (χ2v) is 5.17. The van der Waals surface area contributed by atoms with Gasteiger partial charge in [0.2, 0.25) is 5.91 Å². The van der Waals surface area contributed by atoms with E-state index in [1.807, 2.05) is 0 Å². The maximum Gasteiger partial charge on any atom is 0.573 e. The van der Waals surface area contributed by atoms with Crippen LogP contribution in [-0.2, 0) is 25.4 Å². The quantitative estimate of drug-likeness (QED) is 0.797. The number of nitrogens with zero attached hydrogens (tertiary/aromatic N) is 3. The van der Waals surface area contributed by atoms with Crippen LogP contribution in [0.2, 0.25) is 0 Å². The molecule has 26 heavy (non-hydrogen) atoms. The summed E-state index contributed by atoms with van der Waals surface area (Å²) in [5, 5.41) is 2.32. The van der Waals surface area contributed by atoms with Gasteiger partial charge in [-0.1, -0.05) is 0 Å². The first-order valence-corrected chi connectivity index (χ1v) is 7.02. The summed E-state index contributed by atoms with van der Waals surface area (Å²) >= 11 is 0. The molecule has 0 unspecified atom stereocenters. The van der Waals surface area contributed by atoms with Crippen LogP contribution < -0.4 is 27.1 Å². The summed E-state index contributed by atoms with van der Waals surface area (Å²) in [5.41, 5.74) is -2.65. The number of rotatable bonds is 4. The SMILES string of the molecule is Cn1c(=O)n(C)c(=O)n(CC(=O)Nc2ccc(OC(F)(F)F)cc2)c1=O. The topological polar surface area (TPSA) is 104 Å². The van der Waals surface area contributed by atoms with Gasteiger partial charge in [-0.15, -0.1) is 13.2 Å². The Morgan fingerprint density at radius 2 is 1.50 bits per heavy atom. The molecule has 2 rings (SSSR count). The molecule has 1 N–H and O–H groups in total. The van der Waals surface area contributed by atoms with Gasteiger partial charge in [0.1, 0.15) is 12.3 Å². The van der Waals surface area contributed by atoms with Crippen LogP contribution in [0.4, 0.5) is 18.9 Å². The molecule has 1 heterocycles. The number of hydrogen-bond donors (Lipinski definition) is 1. The van der Waals surface area contributed by atoms with Crippen molar-refractivity contribution >= 4 is 11.6 Å². The third kappa shape index (κ3) is 4.20. The summed E-state index contributed by atoms with van der Waals surface area (Å²) in [6, 6.07) is 4.28. The lowest BCUT2D eigenvalue weighted by molar-refractivity contribution is -0.274. The van der Waals surface area contributed by atoms with Crippen LogP contribution in [0.5, 0.6) is 5.75 Å². The lowest BCUT2D eigenvalue weighted by Gasteiger charge is -2.11. The fourth-order valence-corrected chi connectivity index (χ4v) is 2.05. The highest BCUT2D eigenvalue weighted by molar-refractivity contribution is 5.90. The number of halogens is 3. The maximum atomic E-state index is 12.1. The van der Waals surface area contributed by atoms with Gasteiger partial charge in [-0.2, -0.15) is 0 Å². The number of ether oxygens (including phenoxy) is 1. The Hall–Kier alpha value is -3.31. The normalized spacial score (nSPS) is 11.3. The molecule has 0 aliphatic rings. The number of aromatic nitrogens is 3. The first-order valence-electron chi connectivity index (χ1n) is 7.02. The molecule has 0 spiro atoms. The highest BCUT2D eigenvalue weighted by Crippen LogP contribution is 2.23. The summed E-state index contributed by atoms with van der Waals surface area (Å²) in [6.45, 7) is -0.680. The lowest BCUT2D eigenvalue weighted by Crippen LogP contribution is -2.53. The predicted octanol–water partition coefficient (Wildman–Crippen LogP) is -0.217. The zero-order chi connectivity index (χ0) is 19.6. The smallest absolute Gasteiger partial charge is 0.406 e. The zero-order valence-electron chi connectivity index (χ0n) is 13.5. The Kier molecular flexibility index (Phi) is 5.05. The fourth-order valence-electron chi connectivity index (χ4n) is 2.05. The van der Waals surface area contributed by atoms with E-state index >= 15 is 0 Å². The van der Waals surface area contributed by atoms with Crippen LogP contribution >= 0.6 is 0 Å². The number of carbonyl (C=O) groups is 1. The molecule has 0 radical (unpaired) electrons. The van der Waals surface area contributed by atoms with Gasteiger partial charge < -0.3 is 10.1 Å². The molecule has 0 fully saturated rings. The van der Waals surface area contributed by atoms with E-state index < -0.39 is 41.6 Å². The van der Waals surface area contributed by atoms with Gasteiger partial charge in [0, 0.05) is 19.8 Å². The van der Waals surface area contributed by atoms with E-state index in [-0.39, 0.29) is 5.69 Å². The molecule has 1 amide bonds. The highest BCUT2D eigenvalue weighted by atomic mass is 19.4. The predicted molar refractivity (Wildman–Crippen MR) is 82.9 cm³/mol. The molecule has 0 saturated heterocycles. The van der Waals surface area contributed by atoms with Gasteiger partial charge in [-0.3, -0.25) is 4.79 Å². The summed E-state index contributed by atoms with van der Waals surface area (Å²) < 4.78 is 41.8. The second kappa shape index (κ2) is 6.90. The van der Waals surface area contributed by atoms with Crippen molar-refractivity contribution in [2.45, 2.75) is 12.9 Å². The zero-order valence-corrected chi connectivity index (χ0v) is 13.5. The molecule has 1 aromatic heterocycles. The van der Waals surface area contributed by atoms with E-state index in [1.54, 1.807) is 0 Å². The standard InChI is InChI=1S/C14H13F3N4O5/c1-19-11(23)20(2)13(25)21(12(19)24)7-10(22)18-8-3-5-9(6-4-8)26-14(15,16)17/h3-6H,7H2,1-2H3,(H,18,22). The lowest BCUT2D eigenvalue weighted by atomic mass is 10.3. The van der Waals surface area contributed by atoms with Crippen molar-refractivity contribution < 1.29 is 22.7 Å². The van der Waals surface area contributed by atoms with Crippen LogP contribution in [0.1, 0.15) is 0 Å². The molecule has 0 bridgehead atoms. The van der Waals surface area contributed by atoms with Crippen LogP contribution in [-0.4, -0.2) is 26.0 Å². The Bertz CT molecular complexity index is 961. The van der Waals surface area contributed by atoms with Gasteiger partial charge in [0.25, 0.3) is 0 Å². The van der Waals surface area contributed by atoms with Crippen LogP contribution in [0, 0.1) is 0 Å². The minimum Gasteiger partial charge on any atom is -0.406 e. The monoisotopic (exact) mass is 374 g/mol. The van der Waals surface area contributed by atoms with Gasteiger partial charge >= 0.3 is 23.4 Å². The Morgan fingerprint density at radius 3 is 1.96 bits per heavy atom. The van der Waals surface area contributed by atoms with Crippen molar-refractivity contribution in [3.63, 3.8) is 0 Å². The number of alkyl halides is 3. The molecular weight excluding hydrogens is 361 g/mol. The van der Waals surface area contributed by atoms with Crippen molar-refractivity contribution in [2.24, 2.45) is 14.1 Å². The Morgan fingerprint density at radius 1 is 1.00 bits per heavy atom. The summed E-state index contributed by atoms with van der Waals surface area (Å²) in [5.74, 6) is -1.26. The number of benzene rings is 1. The molecular formula is C14H13F3N4O5. The number of anilines is 1. The van der Waals surface area contributed by atoms with E-state index in [0.29, 0.717) is 13.7 Å². The van der Waals surface area contributed by atoms with Crippen LogP contribution in [0.25, 0.3) is 0 Å². The third-order valence-electron chi connectivity index (χ3n) is 3.28. The number of amides is 1. The maximum absolute atomic E-state index is 12.1. The van der Waals surface area contributed by atoms with E-state index in [2.05, 4.69) is 10.1 Å². The average molecular weight is 374 g/mol. The molecule has 1 aromatic carbocycles. The second-order valence-electron chi connectivity index (χ2n) is 5.17. The van der Waals surface area contributed by atoms with Crippen molar-refractivity contribution in [2.75, 3.05) is 5.32 Å². The molecule has 0 aliphatic carbocycles. The molecule has 0 atom stereocenters. The molecule has 9 nitrogen and oxygen atoms in total. The van der Waals surface area contributed by atoms with Crippen LogP contribution in [0.3, 0.4) is 0 Å². The fraction of sp³-hybridized carbons (Fsp3) is 0.286. The summed E-state index contributed by atoms with van der Waals surface area (Å²) in [4.78, 5) is 47.5. The molecule has 140 valence electrons. The number of carbonyl (C=O) groups excluding carboxylic acids is 1. The number of nitrogens with one attached hydrogen (secondary N) is 1. The summed E-state index contributed by atoms with van der Waals surface area (Å²) in [7, 11) is 2.30. The van der Waals surface area contributed by atoms with Crippen molar-refractivity contribution in [3.8, 4) is 5.75 Å². The molecule has 0 saturated carbocycles.